The van der Waals surface area contributed by atoms with Crippen LogP contribution >= 0.6 is 0 Å². The van der Waals surface area contributed by atoms with E-state index in [1.807, 2.05) is 36.3 Å². The number of pyridine rings is 1. The van der Waals surface area contributed by atoms with Crippen LogP contribution in [0.25, 0.3) is 0 Å². The molecule has 136 valence electrons. The summed E-state index contributed by atoms with van der Waals surface area (Å²) in [5.74, 6) is 2.14. The van der Waals surface area contributed by atoms with E-state index in [1.54, 1.807) is 12.5 Å². The van der Waals surface area contributed by atoms with Crippen LogP contribution in [-0.2, 0) is 4.79 Å². The van der Waals surface area contributed by atoms with Gasteiger partial charge in [0.15, 0.2) is 0 Å². The number of nitrogens with zero attached hydrogens (tertiary/aromatic N) is 5. The first-order valence-corrected chi connectivity index (χ1v) is 9.19. The zero-order valence-corrected chi connectivity index (χ0v) is 15.0. The summed E-state index contributed by atoms with van der Waals surface area (Å²) in [6, 6.07) is 6.01. The molecule has 4 rings (SSSR count). The second kappa shape index (κ2) is 7.27. The van der Waals surface area contributed by atoms with Gasteiger partial charge in [0.25, 0.3) is 0 Å². The maximum absolute atomic E-state index is 12.3. The van der Waals surface area contributed by atoms with Crippen molar-refractivity contribution in [1.82, 2.24) is 19.9 Å². The van der Waals surface area contributed by atoms with Crippen LogP contribution < -0.4 is 10.2 Å². The summed E-state index contributed by atoms with van der Waals surface area (Å²) < 4.78 is 0. The molecular weight excluding hydrogens is 328 g/mol. The molecule has 2 saturated heterocycles. The van der Waals surface area contributed by atoms with E-state index < -0.39 is 0 Å². The zero-order chi connectivity index (χ0) is 17.9. The Morgan fingerprint density at radius 3 is 2.88 bits per heavy atom. The van der Waals surface area contributed by atoms with E-state index in [1.165, 1.54) is 12.8 Å². The smallest absolute Gasteiger partial charge is 0.223 e. The maximum Gasteiger partial charge on any atom is 0.223 e. The summed E-state index contributed by atoms with van der Waals surface area (Å²) in [6.45, 7) is 2.80. The molecule has 26 heavy (non-hydrogen) atoms. The van der Waals surface area contributed by atoms with Gasteiger partial charge in [-0.15, -0.1) is 0 Å². The van der Waals surface area contributed by atoms with Gasteiger partial charge < -0.3 is 15.1 Å². The van der Waals surface area contributed by atoms with Gasteiger partial charge in [-0.1, -0.05) is 6.07 Å². The summed E-state index contributed by atoms with van der Waals surface area (Å²) >= 11 is 0. The Hall–Kier alpha value is -2.70. The number of carbonyl (C=O) groups excluding carboxylic acids is 1. The monoisotopic (exact) mass is 352 g/mol. The Kier molecular flexibility index (Phi) is 4.69. The van der Waals surface area contributed by atoms with Crippen LogP contribution in [-0.4, -0.2) is 52.4 Å². The van der Waals surface area contributed by atoms with Crippen molar-refractivity contribution in [2.24, 2.45) is 5.92 Å². The van der Waals surface area contributed by atoms with Crippen LogP contribution in [0.3, 0.4) is 0 Å². The number of hydrogen-bond donors (Lipinski definition) is 1. The largest absolute Gasteiger partial charge is 0.370 e. The predicted octanol–water partition coefficient (Wildman–Crippen LogP) is 2.10. The number of nitrogens with one attached hydrogen (secondary N) is 1. The highest BCUT2D eigenvalue weighted by molar-refractivity contribution is 5.79. The SMILES string of the molecule is CN1C(=O)C[C@@H](CNc2cc(N3CCCC3)ncn2)[C@@H]1c1cccnc1. The van der Waals surface area contributed by atoms with Gasteiger partial charge in [-0.05, 0) is 24.5 Å². The van der Waals surface area contributed by atoms with Gasteiger partial charge in [0.05, 0.1) is 6.04 Å². The molecule has 4 heterocycles. The highest BCUT2D eigenvalue weighted by atomic mass is 16.2. The molecule has 2 aromatic heterocycles. The maximum atomic E-state index is 12.3. The van der Waals surface area contributed by atoms with Crippen molar-refractivity contribution in [3.63, 3.8) is 0 Å². The van der Waals surface area contributed by atoms with Crippen molar-refractivity contribution in [1.29, 1.82) is 0 Å². The fourth-order valence-electron chi connectivity index (χ4n) is 3.98. The zero-order valence-electron chi connectivity index (χ0n) is 15.0. The number of amides is 1. The normalized spacial score (nSPS) is 22.9. The van der Waals surface area contributed by atoms with Gasteiger partial charge in [-0.25, -0.2) is 9.97 Å². The van der Waals surface area contributed by atoms with Gasteiger partial charge in [-0.2, -0.15) is 0 Å². The standard InChI is InChI=1S/C19H24N6O/c1-24-18(26)9-15(19(24)14-5-4-6-20-11-14)12-21-16-10-17(23-13-22-16)25-7-2-3-8-25/h4-6,10-11,13,15,19H,2-3,7-9,12H2,1H3,(H,21,22,23)/t15-,19-/m0/s1. The quantitative estimate of drug-likeness (QED) is 0.888. The van der Waals surface area contributed by atoms with Crippen LogP contribution in [0.1, 0.15) is 30.9 Å². The van der Waals surface area contributed by atoms with E-state index >= 15 is 0 Å². The summed E-state index contributed by atoms with van der Waals surface area (Å²) in [5, 5.41) is 3.41. The fourth-order valence-corrected chi connectivity index (χ4v) is 3.98. The molecule has 2 atom stereocenters. The van der Waals surface area contributed by atoms with E-state index in [-0.39, 0.29) is 17.9 Å². The van der Waals surface area contributed by atoms with Crippen LogP contribution in [0.5, 0.6) is 0 Å². The Balaban J connectivity index is 1.46. The second-order valence-corrected chi connectivity index (χ2v) is 7.04. The van der Waals surface area contributed by atoms with Crippen molar-refractivity contribution >= 4 is 17.5 Å². The molecule has 7 nitrogen and oxygen atoms in total. The number of carbonyl (C=O) groups is 1. The lowest BCUT2D eigenvalue weighted by Crippen LogP contribution is -2.27. The van der Waals surface area contributed by atoms with E-state index in [2.05, 4.69) is 25.2 Å². The predicted molar refractivity (Wildman–Crippen MR) is 99.8 cm³/mol. The molecule has 0 unspecified atom stereocenters. The Morgan fingerprint density at radius 1 is 1.27 bits per heavy atom. The minimum atomic E-state index is 0.0450. The second-order valence-electron chi connectivity index (χ2n) is 7.04. The van der Waals surface area contributed by atoms with Gasteiger partial charge >= 0.3 is 0 Å². The molecule has 0 saturated carbocycles. The Bertz CT molecular complexity index is 762. The lowest BCUT2D eigenvalue weighted by atomic mass is 9.95. The van der Waals surface area contributed by atoms with Crippen molar-refractivity contribution in [2.45, 2.75) is 25.3 Å². The molecule has 0 bridgehead atoms. The lowest BCUT2D eigenvalue weighted by molar-refractivity contribution is -0.127. The van der Waals surface area contributed by atoms with Gasteiger partial charge in [0.1, 0.15) is 18.0 Å². The first kappa shape index (κ1) is 16.8. The summed E-state index contributed by atoms with van der Waals surface area (Å²) in [5.41, 5.74) is 1.08. The van der Waals surface area contributed by atoms with Crippen LogP contribution in [0.15, 0.2) is 36.9 Å². The number of aromatic nitrogens is 3. The van der Waals surface area contributed by atoms with Crippen molar-refractivity contribution in [3.8, 4) is 0 Å². The minimum absolute atomic E-state index is 0.0450. The highest BCUT2D eigenvalue weighted by Crippen LogP contribution is 2.36. The minimum Gasteiger partial charge on any atom is -0.370 e. The Labute approximate surface area is 153 Å². The molecule has 2 aliphatic rings. The molecule has 1 N–H and O–H groups in total. The van der Waals surface area contributed by atoms with E-state index in [4.69, 9.17) is 0 Å². The van der Waals surface area contributed by atoms with Gasteiger partial charge in [-0.3, -0.25) is 9.78 Å². The topological polar surface area (TPSA) is 74.2 Å². The average Bonchev–Trinajstić information content (AvgIpc) is 3.30. The summed E-state index contributed by atoms with van der Waals surface area (Å²) in [4.78, 5) is 29.3. The first-order chi connectivity index (χ1) is 12.7. The molecule has 0 aliphatic carbocycles. The molecule has 2 fully saturated rings. The summed E-state index contributed by atoms with van der Waals surface area (Å²) in [7, 11) is 1.87. The number of rotatable bonds is 5. The number of anilines is 2. The average molecular weight is 352 g/mol. The molecule has 0 radical (unpaired) electrons. The number of hydrogen-bond acceptors (Lipinski definition) is 6. The summed E-state index contributed by atoms with van der Waals surface area (Å²) in [6.07, 6.45) is 8.19. The molecule has 7 heteroatoms. The molecule has 1 amide bonds. The van der Waals surface area contributed by atoms with E-state index in [9.17, 15) is 4.79 Å². The lowest BCUT2D eigenvalue weighted by Gasteiger charge is -2.25. The van der Waals surface area contributed by atoms with Gasteiger partial charge in [0, 0.05) is 57.5 Å². The van der Waals surface area contributed by atoms with Crippen LogP contribution in [0.2, 0.25) is 0 Å². The van der Waals surface area contributed by atoms with Crippen LogP contribution in [0, 0.1) is 5.92 Å². The molecule has 0 spiro atoms. The van der Waals surface area contributed by atoms with Crippen molar-refractivity contribution in [3.05, 3.63) is 42.5 Å². The van der Waals surface area contributed by atoms with Gasteiger partial charge in [0.2, 0.25) is 5.91 Å². The van der Waals surface area contributed by atoms with E-state index in [0.29, 0.717) is 13.0 Å². The van der Waals surface area contributed by atoms with E-state index in [0.717, 1.165) is 30.3 Å². The van der Waals surface area contributed by atoms with Crippen molar-refractivity contribution < 1.29 is 4.79 Å². The fraction of sp³-hybridized carbons (Fsp3) is 0.474. The molecular formula is C19H24N6O. The Morgan fingerprint density at radius 2 is 2.12 bits per heavy atom. The third-order valence-corrected chi connectivity index (χ3v) is 5.35. The third-order valence-electron chi connectivity index (χ3n) is 5.35. The van der Waals surface area contributed by atoms with Crippen molar-refractivity contribution in [2.75, 3.05) is 36.9 Å². The molecule has 2 aliphatic heterocycles. The first-order valence-electron chi connectivity index (χ1n) is 9.19. The van der Waals surface area contributed by atoms with Crippen LogP contribution in [0.4, 0.5) is 11.6 Å². The highest BCUT2D eigenvalue weighted by Gasteiger charge is 2.38. The molecule has 2 aromatic rings. The third kappa shape index (κ3) is 3.34. The molecule has 0 aromatic carbocycles. The number of likely N-dealkylation sites (tertiary alicyclic amines) is 1.